The zero-order valence-corrected chi connectivity index (χ0v) is 19.8. The summed E-state index contributed by atoms with van der Waals surface area (Å²) in [5.41, 5.74) is 2.43. The molecular weight excluding hydrogens is 450 g/mol. The topological polar surface area (TPSA) is 112 Å². The number of carbonyl (C=O) groups excluding carboxylic acids is 2. The fourth-order valence-corrected chi connectivity index (χ4v) is 5.59. The van der Waals surface area contributed by atoms with E-state index < -0.39 is 0 Å². The van der Waals surface area contributed by atoms with Crippen molar-refractivity contribution in [3.05, 3.63) is 39.9 Å². The minimum atomic E-state index is -0.377. The van der Waals surface area contributed by atoms with Crippen LogP contribution in [0.4, 0.5) is 5.00 Å². The molecule has 0 aliphatic heterocycles. The van der Waals surface area contributed by atoms with Gasteiger partial charge in [0.25, 0.3) is 5.22 Å². The number of aryl methyl sites for hydroxylation is 1. The van der Waals surface area contributed by atoms with E-state index in [1.54, 1.807) is 11.6 Å². The molecule has 0 spiro atoms. The summed E-state index contributed by atoms with van der Waals surface area (Å²) in [6.45, 7) is 6.55. The van der Waals surface area contributed by atoms with Gasteiger partial charge in [-0.1, -0.05) is 18.7 Å². The van der Waals surface area contributed by atoms with Crippen molar-refractivity contribution in [2.75, 3.05) is 17.7 Å². The van der Waals surface area contributed by atoms with E-state index in [0.717, 1.165) is 47.2 Å². The molecule has 0 fully saturated rings. The molecule has 1 atom stereocenters. The fourth-order valence-electron chi connectivity index (χ4n) is 3.60. The van der Waals surface area contributed by atoms with E-state index in [4.69, 9.17) is 9.15 Å². The van der Waals surface area contributed by atoms with Crippen LogP contribution >= 0.6 is 23.1 Å². The minimum absolute atomic E-state index is 0.0870. The minimum Gasteiger partial charge on any atom is -0.462 e. The molecule has 0 saturated carbocycles. The lowest BCUT2D eigenvalue weighted by atomic mass is 9.88. The summed E-state index contributed by atoms with van der Waals surface area (Å²) in [7, 11) is 0. The number of esters is 1. The van der Waals surface area contributed by atoms with Crippen LogP contribution in [0, 0.1) is 12.8 Å². The van der Waals surface area contributed by atoms with E-state index in [9.17, 15) is 9.59 Å². The quantitative estimate of drug-likeness (QED) is 0.388. The number of nitrogens with one attached hydrogen (secondary N) is 1. The molecule has 0 saturated heterocycles. The highest BCUT2D eigenvalue weighted by atomic mass is 32.2. The number of amides is 1. The highest BCUT2D eigenvalue weighted by molar-refractivity contribution is 7.99. The van der Waals surface area contributed by atoms with Gasteiger partial charge in [-0.05, 0) is 50.7 Å². The largest absolute Gasteiger partial charge is 0.462 e. The lowest BCUT2D eigenvalue weighted by Crippen LogP contribution is -2.17. The van der Waals surface area contributed by atoms with Crippen molar-refractivity contribution in [2.24, 2.45) is 5.92 Å². The molecule has 1 N–H and O–H groups in total. The molecule has 32 heavy (non-hydrogen) atoms. The van der Waals surface area contributed by atoms with Crippen LogP contribution in [0.5, 0.6) is 0 Å². The van der Waals surface area contributed by atoms with Crippen molar-refractivity contribution in [1.29, 1.82) is 0 Å². The molecule has 1 aliphatic rings. The van der Waals surface area contributed by atoms with Crippen LogP contribution < -0.4 is 5.32 Å². The molecule has 0 aromatic carbocycles. The van der Waals surface area contributed by atoms with Crippen LogP contribution in [-0.2, 0) is 28.9 Å². The van der Waals surface area contributed by atoms with Gasteiger partial charge >= 0.3 is 5.97 Å². The fraction of sp³-hybridized carbons (Fsp3) is 0.476. The molecule has 3 heterocycles. The average molecular weight is 476 g/mol. The number of thiophene rings is 1. The lowest BCUT2D eigenvalue weighted by Gasteiger charge is -2.18. The maximum atomic E-state index is 12.6. The molecule has 1 amide bonds. The van der Waals surface area contributed by atoms with Crippen LogP contribution in [0.15, 0.2) is 21.9 Å². The number of carbonyl (C=O) groups is 2. The Morgan fingerprint density at radius 2 is 2.25 bits per heavy atom. The number of rotatable bonds is 8. The highest BCUT2D eigenvalue weighted by Gasteiger charge is 2.29. The second kappa shape index (κ2) is 9.86. The molecule has 9 nitrogen and oxygen atoms in total. The predicted molar refractivity (Wildman–Crippen MR) is 121 cm³/mol. The van der Waals surface area contributed by atoms with E-state index >= 15 is 0 Å². The van der Waals surface area contributed by atoms with Gasteiger partial charge in [-0.15, -0.1) is 21.5 Å². The van der Waals surface area contributed by atoms with E-state index in [-0.39, 0.29) is 17.6 Å². The van der Waals surface area contributed by atoms with Crippen molar-refractivity contribution in [3.63, 3.8) is 0 Å². The Labute approximate surface area is 193 Å². The number of aromatic nitrogens is 4. The Morgan fingerprint density at radius 1 is 1.41 bits per heavy atom. The number of ether oxygens (including phenoxy) is 1. The van der Waals surface area contributed by atoms with Crippen LogP contribution in [-0.4, -0.2) is 44.2 Å². The standard InChI is InChI=1S/C21H25N5O4S2/c1-4-29-20(28)18-14-6-5-12(2)9-15(14)32-19(18)22-16(27)11-31-21-24-23-17(30-21)10-26-8-7-13(3)25-26/h7-8,12H,4-6,9-11H2,1-3H3,(H,22,27)/t12-/m1/s1. The predicted octanol–water partition coefficient (Wildman–Crippen LogP) is 3.72. The van der Waals surface area contributed by atoms with Crippen LogP contribution in [0.1, 0.15) is 52.7 Å². The summed E-state index contributed by atoms with van der Waals surface area (Å²) in [4.78, 5) is 26.4. The number of thioether (sulfide) groups is 1. The van der Waals surface area contributed by atoms with Gasteiger partial charge in [-0.3, -0.25) is 9.48 Å². The third kappa shape index (κ3) is 5.21. The summed E-state index contributed by atoms with van der Waals surface area (Å²) in [6, 6.07) is 1.89. The van der Waals surface area contributed by atoms with Crippen molar-refractivity contribution in [2.45, 2.75) is 51.8 Å². The molecule has 0 bridgehead atoms. The molecule has 11 heteroatoms. The van der Waals surface area contributed by atoms with Gasteiger partial charge in [-0.2, -0.15) is 5.10 Å². The van der Waals surface area contributed by atoms with Gasteiger partial charge in [0, 0.05) is 11.1 Å². The van der Waals surface area contributed by atoms with Gasteiger partial charge in [0.1, 0.15) is 11.5 Å². The second-order valence-corrected chi connectivity index (χ2v) is 9.76. The van der Waals surface area contributed by atoms with Crippen LogP contribution in [0.25, 0.3) is 0 Å². The van der Waals surface area contributed by atoms with E-state index in [1.165, 1.54) is 11.3 Å². The van der Waals surface area contributed by atoms with Crippen molar-refractivity contribution >= 4 is 40.0 Å². The van der Waals surface area contributed by atoms with Crippen molar-refractivity contribution in [3.8, 4) is 0 Å². The van der Waals surface area contributed by atoms with Gasteiger partial charge in [0.05, 0.1) is 23.6 Å². The summed E-state index contributed by atoms with van der Waals surface area (Å²) in [5, 5.41) is 16.0. The van der Waals surface area contributed by atoms with Crippen molar-refractivity contribution < 1.29 is 18.7 Å². The zero-order valence-electron chi connectivity index (χ0n) is 18.2. The first-order valence-corrected chi connectivity index (χ1v) is 12.3. The molecule has 3 aromatic heterocycles. The molecule has 3 aromatic rings. The van der Waals surface area contributed by atoms with Gasteiger partial charge in [0.15, 0.2) is 0 Å². The Hall–Kier alpha value is -2.66. The maximum Gasteiger partial charge on any atom is 0.341 e. The van der Waals surface area contributed by atoms with Crippen molar-refractivity contribution in [1.82, 2.24) is 20.0 Å². The number of nitrogens with zero attached hydrogens (tertiary/aromatic N) is 4. The highest BCUT2D eigenvalue weighted by Crippen LogP contribution is 2.40. The molecule has 0 radical (unpaired) electrons. The molecular formula is C21H25N5O4S2. The Balaban J connectivity index is 1.39. The normalized spacial score (nSPS) is 15.4. The molecule has 170 valence electrons. The zero-order chi connectivity index (χ0) is 22.7. The first-order chi connectivity index (χ1) is 15.4. The maximum absolute atomic E-state index is 12.6. The van der Waals surface area contributed by atoms with Gasteiger partial charge in [-0.25, -0.2) is 4.79 Å². The second-order valence-electron chi connectivity index (χ2n) is 7.73. The summed E-state index contributed by atoms with van der Waals surface area (Å²) in [5.74, 6) is 0.449. The Bertz CT molecular complexity index is 1120. The molecule has 4 rings (SSSR count). The van der Waals surface area contributed by atoms with Gasteiger partial charge < -0.3 is 14.5 Å². The van der Waals surface area contributed by atoms with Crippen LogP contribution in [0.3, 0.4) is 0 Å². The number of fused-ring (bicyclic) bond motifs is 1. The van der Waals surface area contributed by atoms with E-state index in [0.29, 0.717) is 40.7 Å². The summed E-state index contributed by atoms with van der Waals surface area (Å²) in [6.07, 6.45) is 4.60. The summed E-state index contributed by atoms with van der Waals surface area (Å²) < 4.78 is 12.6. The monoisotopic (exact) mass is 475 g/mol. The van der Waals surface area contributed by atoms with Crippen LogP contribution in [0.2, 0.25) is 0 Å². The Kier molecular flexibility index (Phi) is 6.95. The van der Waals surface area contributed by atoms with Gasteiger partial charge in [0.2, 0.25) is 11.8 Å². The lowest BCUT2D eigenvalue weighted by molar-refractivity contribution is -0.113. The SMILES string of the molecule is CCOC(=O)c1c(NC(=O)CSc2nnc(Cn3ccc(C)n3)o2)sc2c1CC[C@@H](C)C2. The van der Waals surface area contributed by atoms with E-state index in [1.807, 2.05) is 19.2 Å². The third-order valence-corrected chi connectivity index (χ3v) is 7.08. The van der Waals surface area contributed by atoms with E-state index in [2.05, 4.69) is 27.5 Å². The smallest absolute Gasteiger partial charge is 0.341 e. The first-order valence-electron chi connectivity index (χ1n) is 10.5. The number of hydrogen-bond acceptors (Lipinski definition) is 9. The molecule has 0 unspecified atom stereocenters. The third-order valence-electron chi connectivity index (χ3n) is 5.09. The Morgan fingerprint density at radius 3 is 3.00 bits per heavy atom. The molecule has 1 aliphatic carbocycles. The summed E-state index contributed by atoms with van der Waals surface area (Å²) >= 11 is 2.62. The first kappa shape index (κ1) is 22.5. The number of anilines is 1. The average Bonchev–Trinajstić information content (AvgIpc) is 3.45. The number of hydrogen-bond donors (Lipinski definition) is 1.